The fourth-order valence-corrected chi connectivity index (χ4v) is 5.57. The Labute approximate surface area is 172 Å². The number of aliphatic hydroxyl groups excluding tert-OH is 1. The first kappa shape index (κ1) is 22.1. The molecule has 160 valence electrons. The van der Waals surface area contributed by atoms with E-state index in [9.17, 15) is 5.11 Å². The van der Waals surface area contributed by atoms with Gasteiger partial charge in [0.1, 0.15) is 0 Å². The molecule has 1 N–H and O–H groups in total. The quantitative estimate of drug-likeness (QED) is 0.581. The highest BCUT2D eigenvalue weighted by molar-refractivity contribution is 5.03. The van der Waals surface area contributed by atoms with Crippen LogP contribution in [0.4, 0.5) is 0 Å². The molecule has 3 fully saturated rings. The van der Waals surface area contributed by atoms with E-state index in [0.29, 0.717) is 36.6 Å². The number of aliphatic hydroxyl groups is 1. The monoisotopic (exact) mass is 390 g/mol. The van der Waals surface area contributed by atoms with Crippen LogP contribution in [0.25, 0.3) is 0 Å². The minimum Gasteiger partial charge on any atom is -0.396 e. The third kappa shape index (κ3) is 6.71. The number of hydrogen-bond donors (Lipinski definition) is 1. The van der Waals surface area contributed by atoms with Crippen molar-refractivity contribution >= 4 is 0 Å². The van der Waals surface area contributed by atoms with Gasteiger partial charge in [-0.3, -0.25) is 0 Å². The van der Waals surface area contributed by atoms with Gasteiger partial charge in [-0.2, -0.15) is 0 Å². The minimum absolute atomic E-state index is 0.371. The molecule has 0 aromatic carbocycles. The molecular weight excluding hydrogens is 348 g/mol. The van der Waals surface area contributed by atoms with Crippen molar-refractivity contribution in [3.05, 3.63) is 24.3 Å². The van der Waals surface area contributed by atoms with Gasteiger partial charge in [0.2, 0.25) is 0 Å². The van der Waals surface area contributed by atoms with E-state index in [1.54, 1.807) is 0 Å². The summed E-state index contributed by atoms with van der Waals surface area (Å²) in [6.45, 7) is 0.371. The van der Waals surface area contributed by atoms with Gasteiger partial charge in [0.05, 0.1) is 12.2 Å². The van der Waals surface area contributed by atoms with Crippen LogP contribution in [0.15, 0.2) is 24.3 Å². The second-order valence-corrected chi connectivity index (χ2v) is 9.59. The van der Waals surface area contributed by atoms with E-state index in [0.717, 1.165) is 11.8 Å². The first-order chi connectivity index (χ1) is 13.7. The molecule has 0 heterocycles. The SMILES string of the molecule is COC1CCC(/C=C/C2CC(/C=C/C3CCC(CO)CC3)CC(OC)C2)CC1. The topological polar surface area (TPSA) is 38.7 Å². The normalized spacial score (nSPS) is 40.3. The van der Waals surface area contributed by atoms with E-state index in [-0.39, 0.29) is 0 Å². The molecule has 0 aliphatic heterocycles. The molecular formula is C25H42O3. The molecule has 3 unspecified atom stereocenters. The summed E-state index contributed by atoms with van der Waals surface area (Å²) >= 11 is 0. The van der Waals surface area contributed by atoms with Crippen molar-refractivity contribution in [2.45, 2.75) is 82.8 Å². The van der Waals surface area contributed by atoms with Gasteiger partial charge in [0.15, 0.2) is 0 Å². The van der Waals surface area contributed by atoms with Crippen LogP contribution in [-0.2, 0) is 9.47 Å². The summed E-state index contributed by atoms with van der Waals surface area (Å²) < 4.78 is 11.3. The average Bonchev–Trinajstić information content (AvgIpc) is 2.76. The van der Waals surface area contributed by atoms with Gasteiger partial charge in [-0.1, -0.05) is 24.3 Å². The highest BCUT2D eigenvalue weighted by atomic mass is 16.5. The van der Waals surface area contributed by atoms with Crippen LogP contribution < -0.4 is 0 Å². The van der Waals surface area contributed by atoms with Crippen molar-refractivity contribution in [1.82, 2.24) is 0 Å². The molecule has 28 heavy (non-hydrogen) atoms. The number of methoxy groups -OCH3 is 2. The fourth-order valence-electron chi connectivity index (χ4n) is 5.57. The third-order valence-corrected chi connectivity index (χ3v) is 7.58. The Hall–Kier alpha value is -0.640. The third-order valence-electron chi connectivity index (χ3n) is 7.58. The minimum atomic E-state index is 0.371. The summed E-state index contributed by atoms with van der Waals surface area (Å²) in [5, 5.41) is 9.32. The lowest BCUT2D eigenvalue weighted by molar-refractivity contribution is 0.0453. The number of rotatable bonds is 7. The molecule has 0 spiro atoms. The zero-order valence-electron chi connectivity index (χ0n) is 18.1. The van der Waals surface area contributed by atoms with Crippen LogP contribution in [0.5, 0.6) is 0 Å². The summed E-state index contributed by atoms with van der Waals surface area (Å²) in [6, 6.07) is 0. The van der Waals surface area contributed by atoms with E-state index in [1.165, 1.54) is 70.6 Å². The lowest BCUT2D eigenvalue weighted by Crippen LogP contribution is -2.26. The van der Waals surface area contributed by atoms with Gasteiger partial charge in [-0.05, 0) is 100 Å². The smallest absolute Gasteiger partial charge is 0.0582 e. The Morgan fingerprint density at radius 3 is 1.54 bits per heavy atom. The van der Waals surface area contributed by atoms with Crippen molar-refractivity contribution in [3.63, 3.8) is 0 Å². The standard InChI is InChI=1S/C25H42O3/c1-27-24-13-11-20(12-14-24)6-10-23-15-22(16-25(17-23)28-2)9-5-19-3-7-21(18-26)8-4-19/h5-6,9-10,19-26H,3-4,7-8,11-18H2,1-2H3/b9-5+,10-6+. The molecule has 3 rings (SSSR count). The van der Waals surface area contributed by atoms with Crippen LogP contribution in [0, 0.1) is 29.6 Å². The molecule has 3 saturated carbocycles. The van der Waals surface area contributed by atoms with Crippen LogP contribution in [0.1, 0.15) is 70.6 Å². The van der Waals surface area contributed by atoms with Gasteiger partial charge in [0.25, 0.3) is 0 Å². The van der Waals surface area contributed by atoms with E-state index >= 15 is 0 Å². The van der Waals surface area contributed by atoms with Gasteiger partial charge in [-0.15, -0.1) is 0 Å². The predicted octanol–water partition coefficient (Wildman–Crippen LogP) is 5.53. The van der Waals surface area contributed by atoms with Crippen molar-refractivity contribution in [1.29, 1.82) is 0 Å². The van der Waals surface area contributed by atoms with Gasteiger partial charge in [0, 0.05) is 20.8 Å². The summed E-state index contributed by atoms with van der Waals surface area (Å²) in [6.07, 6.45) is 24.3. The maximum absolute atomic E-state index is 9.32. The molecule has 0 bridgehead atoms. The van der Waals surface area contributed by atoms with Crippen molar-refractivity contribution < 1.29 is 14.6 Å². The number of allylic oxidation sites excluding steroid dienone is 4. The van der Waals surface area contributed by atoms with Crippen LogP contribution in [-0.4, -0.2) is 38.1 Å². The van der Waals surface area contributed by atoms with E-state index in [1.807, 2.05) is 14.2 Å². The Morgan fingerprint density at radius 2 is 1.07 bits per heavy atom. The molecule has 0 radical (unpaired) electrons. The van der Waals surface area contributed by atoms with Gasteiger partial charge < -0.3 is 14.6 Å². The zero-order valence-corrected chi connectivity index (χ0v) is 18.1. The summed E-state index contributed by atoms with van der Waals surface area (Å²) in [5.74, 6) is 3.30. The van der Waals surface area contributed by atoms with E-state index in [4.69, 9.17) is 9.47 Å². The second-order valence-electron chi connectivity index (χ2n) is 9.59. The molecule has 0 aromatic rings. The average molecular weight is 391 g/mol. The van der Waals surface area contributed by atoms with Crippen molar-refractivity contribution in [2.75, 3.05) is 20.8 Å². The highest BCUT2D eigenvalue weighted by Crippen LogP contribution is 2.35. The van der Waals surface area contributed by atoms with Gasteiger partial charge in [-0.25, -0.2) is 0 Å². The van der Waals surface area contributed by atoms with Gasteiger partial charge >= 0.3 is 0 Å². The maximum atomic E-state index is 9.32. The Balaban J connectivity index is 1.48. The first-order valence-electron chi connectivity index (χ1n) is 11.7. The lowest BCUT2D eigenvalue weighted by Gasteiger charge is -2.32. The van der Waals surface area contributed by atoms with E-state index in [2.05, 4.69) is 24.3 Å². The zero-order chi connectivity index (χ0) is 19.8. The molecule has 3 aliphatic carbocycles. The number of hydrogen-bond acceptors (Lipinski definition) is 3. The molecule has 0 aromatic heterocycles. The van der Waals surface area contributed by atoms with Crippen molar-refractivity contribution in [2.24, 2.45) is 29.6 Å². The first-order valence-corrected chi connectivity index (χ1v) is 11.7. The van der Waals surface area contributed by atoms with E-state index < -0.39 is 0 Å². The highest BCUT2D eigenvalue weighted by Gasteiger charge is 2.27. The molecule has 3 nitrogen and oxygen atoms in total. The largest absolute Gasteiger partial charge is 0.396 e. The predicted molar refractivity (Wildman–Crippen MR) is 115 cm³/mol. The molecule has 0 amide bonds. The summed E-state index contributed by atoms with van der Waals surface area (Å²) in [4.78, 5) is 0. The molecule has 3 aliphatic rings. The summed E-state index contributed by atoms with van der Waals surface area (Å²) in [7, 11) is 3.72. The Kier molecular flexibility index (Phi) is 9.07. The Morgan fingerprint density at radius 1 is 0.607 bits per heavy atom. The molecule has 0 saturated heterocycles. The lowest BCUT2D eigenvalue weighted by atomic mass is 9.77. The number of ether oxygens (including phenoxy) is 2. The molecule has 3 heteroatoms. The van der Waals surface area contributed by atoms with Crippen LogP contribution in [0.2, 0.25) is 0 Å². The van der Waals surface area contributed by atoms with Crippen LogP contribution in [0.3, 0.4) is 0 Å². The van der Waals surface area contributed by atoms with Crippen LogP contribution >= 0.6 is 0 Å². The summed E-state index contributed by atoms with van der Waals surface area (Å²) in [5.41, 5.74) is 0. The fraction of sp³-hybridized carbons (Fsp3) is 0.840. The second kappa shape index (κ2) is 11.5. The van der Waals surface area contributed by atoms with Crippen molar-refractivity contribution in [3.8, 4) is 0 Å². The molecule has 3 atom stereocenters. The Bertz CT molecular complexity index is 442. The maximum Gasteiger partial charge on any atom is 0.0582 e.